The Kier molecular flexibility index (Phi) is 4.30. The molecule has 25 heavy (non-hydrogen) atoms. The van der Waals surface area contributed by atoms with E-state index >= 15 is 0 Å². The van der Waals surface area contributed by atoms with Crippen LogP contribution >= 0.6 is 11.3 Å². The van der Waals surface area contributed by atoms with Crippen molar-refractivity contribution in [3.05, 3.63) is 60.6 Å². The number of carbonyl (C=O) groups excluding carboxylic acids is 1. The lowest BCUT2D eigenvalue weighted by molar-refractivity contribution is 0.0781. The standard InChI is InChI=1S/C17H18N4O3S/c1-10-7-8-25-13(10)9-19(2)16(23)12-6-5-11-14(18-12)20(3)17(24)21(4)15(11)22/h5-8H,9H2,1-4H3. The largest absolute Gasteiger partial charge is 0.335 e. The zero-order valence-electron chi connectivity index (χ0n) is 14.4. The molecule has 3 aromatic rings. The van der Waals surface area contributed by atoms with E-state index in [1.165, 1.54) is 24.7 Å². The number of nitrogens with zero attached hydrogens (tertiary/aromatic N) is 4. The molecule has 3 rings (SSSR count). The Bertz CT molecular complexity index is 1090. The Morgan fingerprint density at radius 3 is 2.56 bits per heavy atom. The van der Waals surface area contributed by atoms with Crippen molar-refractivity contribution in [1.29, 1.82) is 0 Å². The van der Waals surface area contributed by atoms with Gasteiger partial charge >= 0.3 is 5.69 Å². The van der Waals surface area contributed by atoms with Crippen LogP contribution in [0.1, 0.15) is 20.9 Å². The van der Waals surface area contributed by atoms with Gasteiger partial charge in [-0.2, -0.15) is 0 Å². The van der Waals surface area contributed by atoms with Crippen LogP contribution < -0.4 is 11.2 Å². The van der Waals surface area contributed by atoms with E-state index in [0.717, 1.165) is 15.0 Å². The number of pyridine rings is 1. The molecule has 0 bridgehead atoms. The van der Waals surface area contributed by atoms with Crippen molar-refractivity contribution >= 4 is 28.3 Å². The summed E-state index contributed by atoms with van der Waals surface area (Å²) in [5.41, 5.74) is 0.651. The Hall–Kier alpha value is -2.74. The van der Waals surface area contributed by atoms with Crippen LogP contribution in [0, 0.1) is 6.92 Å². The Labute approximate surface area is 147 Å². The molecule has 0 atom stereocenters. The van der Waals surface area contributed by atoms with Gasteiger partial charge in [-0.1, -0.05) is 0 Å². The average Bonchev–Trinajstić information content (AvgIpc) is 3.01. The van der Waals surface area contributed by atoms with Gasteiger partial charge in [-0.15, -0.1) is 11.3 Å². The molecule has 0 radical (unpaired) electrons. The minimum atomic E-state index is -0.475. The lowest BCUT2D eigenvalue weighted by atomic mass is 10.2. The van der Waals surface area contributed by atoms with Crippen LogP contribution in [0.3, 0.4) is 0 Å². The molecule has 0 spiro atoms. The molecular weight excluding hydrogens is 340 g/mol. The Morgan fingerprint density at radius 1 is 1.20 bits per heavy atom. The monoisotopic (exact) mass is 358 g/mol. The molecule has 0 saturated heterocycles. The molecule has 0 unspecified atom stereocenters. The van der Waals surface area contributed by atoms with Gasteiger partial charge in [0.25, 0.3) is 11.5 Å². The highest BCUT2D eigenvalue weighted by Crippen LogP contribution is 2.18. The van der Waals surface area contributed by atoms with Crippen molar-refractivity contribution < 1.29 is 4.79 Å². The molecule has 1 amide bonds. The van der Waals surface area contributed by atoms with Crippen molar-refractivity contribution in [2.24, 2.45) is 14.1 Å². The molecule has 130 valence electrons. The van der Waals surface area contributed by atoms with Gasteiger partial charge < -0.3 is 4.90 Å². The van der Waals surface area contributed by atoms with Crippen LogP contribution in [0.4, 0.5) is 0 Å². The second kappa shape index (κ2) is 6.29. The van der Waals surface area contributed by atoms with E-state index in [9.17, 15) is 14.4 Å². The fourth-order valence-corrected chi connectivity index (χ4v) is 3.58. The van der Waals surface area contributed by atoms with E-state index in [0.29, 0.717) is 11.9 Å². The first-order valence-corrected chi connectivity index (χ1v) is 8.54. The quantitative estimate of drug-likeness (QED) is 0.707. The normalized spacial score (nSPS) is 11.0. The second-order valence-corrected chi connectivity index (χ2v) is 6.96. The van der Waals surface area contributed by atoms with Gasteiger partial charge in [-0.3, -0.25) is 18.7 Å². The highest BCUT2D eigenvalue weighted by atomic mass is 32.1. The number of rotatable bonds is 3. The molecule has 0 aliphatic rings. The van der Waals surface area contributed by atoms with Crippen LogP contribution in [0.25, 0.3) is 11.0 Å². The summed E-state index contributed by atoms with van der Waals surface area (Å²) in [7, 11) is 4.65. The van der Waals surface area contributed by atoms with E-state index < -0.39 is 11.2 Å². The fraction of sp³-hybridized carbons (Fsp3) is 0.294. The van der Waals surface area contributed by atoms with Crippen LogP contribution in [0.15, 0.2) is 33.2 Å². The van der Waals surface area contributed by atoms with Crippen molar-refractivity contribution in [2.45, 2.75) is 13.5 Å². The van der Waals surface area contributed by atoms with Crippen LogP contribution in [0.2, 0.25) is 0 Å². The lowest BCUT2D eigenvalue weighted by Crippen LogP contribution is -2.37. The van der Waals surface area contributed by atoms with Crippen LogP contribution in [0.5, 0.6) is 0 Å². The molecule has 0 saturated carbocycles. The van der Waals surface area contributed by atoms with Gasteiger partial charge in [-0.25, -0.2) is 9.78 Å². The summed E-state index contributed by atoms with van der Waals surface area (Å²) < 4.78 is 2.30. The summed E-state index contributed by atoms with van der Waals surface area (Å²) in [6.45, 7) is 2.49. The molecule has 7 nitrogen and oxygen atoms in total. The van der Waals surface area contributed by atoms with Crippen LogP contribution in [-0.4, -0.2) is 32.0 Å². The third-order valence-corrected chi connectivity index (χ3v) is 5.22. The zero-order chi connectivity index (χ0) is 18.3. The SMILES string of the molecule is Cc1ccsc1CN(C)C(=O)c1ccc2c(=O)n(C)c(=O)n(C)c2n1. The summed E-state index contributed by atoms with van der Waals surface area (Å²) in [6.07, 6.45) is 0. The zero-order valence-corrected chi connectivity index (χ0v) is 15.3. The molecule has 8 heteroatoms. The minimum Gasteiger partial charge on any atom is -0.335 e. The number of amides is 1. The summed E-state index contributed by atoms with van der Waals surface area (Å²) in [5.74, 6) is -0.261. The Morgan fingerprint density at radius 2 is 1.92 bits per heavy atom. The summed E-state index contributed by atoms with van der Waals surface area (Å²) in [5, 5.41) is 2.29. The lowest BCUT2D eigenvalue weighted by Gasteiger charge is -2.17. The predicted octanol–water partition coefficient (Wildman–Crippen LogP) is 1.27. The topological polar surface area (TPSA) is 77.2 Å². The van der Waals surface area contributed by atoms with E-state index in [2.05, 4.69) is 4.98 Å². The second-order valence-electron chi connectivity index (χ2n) is 5.96. The van der Waals surface area contributed by atoms with Gasteiger partial charge in [0.2, 0.25) is 0 Å². The van der Waals surface area contributed by atoms with Gasteiger partial charge in [-0.05, 0) is 36.1 Å². The van der Waals surface area contributed by atoms with E-state index in [1.807, 2.05) is 18.4 Å². The number of thiophene rings is 1. The number of aryl methyl sites for hydroxylation is 2. The minimum absolute atomic E-state index is 0.201. The van der Waals surface area contributed by atoms with Crippen molar-refractivity contribution in [3.8, 4) is 0 Å². The van der Waals surface area contributed by atoms with E-state index in [1.54, 1.807) is 29.4 Å². The number of carbonyl (C=O) groups is 1. The maximum Gasteiger partial charge on any atom is 0.332 e. The van der Waals surface area contributed by atoms with Crippen molar-refractivity contribution in [3.63, 3.8) is 0 Å². The van der Waals surface area contributed by atoms with Gasteiger partial charge in [0.15, 0.2) is 0 Å². The number of fused-ring (bicyclic) bond motifs is 1. The maximum absolute atomic E-state index is 12.7. The number of hydrogen-bond donors (Lipinski definition) is 0. The predicted molar refractivity (Wildman–Crippen MR) is 97.1 cm³/mol. The molecule has 3 aromatic heterocycles. The molecule has 0 aliphatic heterocycles. The van der Waals surface area contributed by atoms with E-state index in [4.69, 9.17) is 0 Å². The molecule has 0 N–H and O–H groups in total. The number of hydrogen-bond acceptors (Lipinski definition) is 5. The molecular formula is C17H18N4O3S. The van der Waals surface area contributed by atoms with Gasteiger partial charge in [0, 0.05) is 26.0 Å². The molecule has 3 heterocycles. The highest BCUT2D eigenvalue weighted by Gasteiger charge is 2.17. The summed E-state index contributed by atoms with van der Waals surface area (Å²) in [6, 6.07) is 5.08. The summed E-state index contributed by atoms with van der Waals surface area (Å²) in [4.78, 5) is 43.9. The third-order valence-electron chi connectivity index (χ3n) is 4.22. The van der Waals surface area contributed by atoms with Gasteiger partial charge in [0.1, 0.15) is 11.3 Å². The highest BCUT2D eigenvalue weighted by molar-refractivity contribution is 7.10. The first-order chi connectivity index (χ1) is 11.8. The van der Waals surface area contributed by atoms with Gasteiger partial charge in [0.05, 0.1) is 11.9 Å². The number of aromatic nitrogens is 3. The summed E-state index contributed by atoms with van der Waals surface area (Å²) >= 11 is 1.60. The first kappa shape index (κ1) is 17.1. The maximum atomic E-state index is 12.7. The fourth-order valence-electron chi connectivity index (χ4n) is 2.62. The molecule has 0 aromatic carbocycles. The van der Waals surface area contributed by atoms with Crippen molar-refractivity contribution in [1.82, 2.24) is 19.0 Å². The van der Waals surface area contributed by atoms with Crippen molar-refractivity contribution in [2.75, 3.05) is 7.05 Å². The van der Waals surface area contributed by atoms with Crippen LogP contribution in [-0.2, 0) is 20.6 Å². The van der Waals surface area contributed by atoms with E-state index in [-0.39, 0.29) is 17.2 Å². The molecule has 0 fully saturated rings. The smallest absolute Gasteiger partial charge is 0.332 e. The molecule has 0 aliphatic carbocycles. The third kappa shape index (κ3) is 2.89. The Balaban J connectivity index is 2.01. The average molecular weight is 358 g/mol. The first-order valence-electron chi connectivity index (χ1n) is 7.66.